The molecule has 0 aromatic heterocycles. The molecular formula is C28H29ClN2O7S2. The Labute approximate surface area is 238 Å². The SMILES string of the molecule is C[C@@]1(C(=O)NC(Cc2ccc(-c3ccccc3S(C)(=O)=O)cc2)C(=O)O)CCCN1S(=O)(=O)c1cccc(Cl)c1. The summed E-state index contributed by atoms with van der Waals surface area (Å²) in [5.41, 5.74) is 0.262. The normalized spacial score (nSPS) is 18.8. The highest BCUT2D eigenvalue weighted by atomic mass is 35.5. The Morgan fingerprint density at radius 3 is 2.33 bits per heavy atom. The van der Waals surface area contributed by atoms with Crippen molar-refractivity contribution in [1.82, 2.24) is 9.62 Å². The third-order valence-corrected chi connectivity index (χ3v) is 10.4. The Morgan fingerprint density at radius 1 is 1.02 bits per heavy atom. The zero-order valence-electron chi connectivity index (χ0n) is 21.9. The van der Waals surface area contributed by atoms with Crippen molar-refractivity contribution in [2.24, 2.45) is 0 Å². The first kappa shape index (κ1) is 29.7. The highest BCUT2D eigenvalue weighted by Crippen LogP contribution is 2.35. The largest absolute Gasteiger partial charge is 0.480 e. The Kier molecular flexibility index (Phi) is 8.41. The summed E-state index contributed by atoms with van der Waals surface area (Å²) < 4.78 is 52.2. The van der Waals surface area contributed by atoms with Gasteiger partial charge in [0.25, 0.3) is 0 Å². The molecule has 40 heavy (non-hydrogen) atoms. The molecule has 0 bridgehead atoms. The molecule has 1 aliphatic rings. The molecule has 4 rings (SSSR count). The number of hydrogen-bond donors (Lipinski definition) is 2. The van der Waals surface area contributed by atoms with Crippen LogP contribution in [0, 0.1) is 0 Å². The zero-order chi connectivity index (χ0) is 29.3. The molecule has 1 amide bonds. The zero-order valence-corrected chi connectivity index (χ0v) is 24.3. The first-order valence-corrected chi connectivity index (χ1v) is 16.1. The quantitative estimate of drug-likeness (QED) is 0.379. The molecule has 2 atom stereocenters. The molecule has 0 spiro atoms. The molecule has 0 radical (unpaired) electrons. The molecule has 9 nitrogen and oxygen atoms in total. The molecule has 212 valence electrons. The Morgan fingerprint density at radius 2 is 1.70 bits per heavy atom. The van der Waals surface area contributed by atoms with E-state index in [1.54, 1.807) is 48.5 Å². The number of nitrogens with zero attached hydrogens (tertiary/aromatic N) is 1. The van der Waals surface area contributed by atoms with Gasteiger partial charge in [-0.05, 0) is 55.2 Å². The maximum atomic E-state index is 13.4. The number of amides is 1. The van der Waals surface area contributed by atoms with Crippen molar-refractivity contribution in [1.29, 1.82) is 0 Å². The number of carboxylic acids is 1. The number of benzene rings is 3. The van der Waals surface area contributed by atoms with Gasteiger partial charge in [0, 0.05) is 29.8 Å². The van der Waals surface area contributed by atoms with E-state index in [0.717, 1.165) is 10.6 Å². The van der Waals surface area contributed by atoms with Gasteiger partial charge in [-0.25, -0.2) is 21.6 Å². The molecule has 0 aliphatic carbocycles. The summed E-state index contributed by atoms with van der Waals surface area (Å²) in [4.78, 5) is 25.7. The van der Waals surface area contributed by atoms with Crippen molar-refractivity contribution in [3.63, 3.8) is 0 Å². The topological polar surface area (TPSA) is 138 Å². The van der Waals surface area contributed by atoms with E-state index in [4.69, 9.17) is 11.6 Å². The van der Waals surface area contributed by atoms with Crippen molar-refractivity contribution in [2.75, 3.05) is 12.8 Å². The van der Waals surface area contributed by atoms with Crippen molar-refractivity contribution >= 4 is 43.3 Å². The van der Waals surface area contributed by atoms with E-state index in [2.05, 4.69) is 5.32 Å². The monoisotopic (exact) mass is 604 g/mol. The van der Waals surface area contributed by atoms with Crippen LogP contribution in [0.25, 0.3) is 11.1 Å². The average Bonchev–Trinajstić information content (AvgIpc) is 3.32. The number of rotatable bonds is 9. The second kappa shape index (κ2) is 11.3. The number of carbonyl (C=O) groups is 2. The van der Waals surface area contributed by atoms with Crippen molar-refractivity contribution < 1.29 is 31.5 Å². The minimum absolute atomic E-state index is 0.0479. The number of hydrogen-bond acceptors (Lipinski definition) is 6. The number of carbonyl (C=O) groups excluding carboxylic acids is 1. The van der Waals surface area contributed by atoms with Gasteiger partial charge in [-0.3, -0.25) is 4.79 Å². The molecule has 12 heteroatoms. The lowest BCUT2D eigenvalue weighted by Gasteiger charge is -2.34. The minimum Gasteiger partial charge on any atom is -0.480 e. The smallest absolute Gasteiger partial charge is 0.326 e. The van der Waals surface area contributed by atoms with Gasteiger partial charge in [0.15, 0.2) is 9.84 Å². The van der Waals surface area contributed by atoms with Crippen LogP contribution in [0.15, 0.2) is 82.6 Å². The summed E-state index contributed by atoms with van der Waals surface area (Å²) in [6.45, 7) is 1.59. The third-order valence-electron chi connectivity index (χ3n) is 7.04. The van der Waals surface area contributed by atoms with Crippen LogP contribution in [0.2, 0.25) is 5.02 Å². The van der Waals surface area contributed by atoms with Crippen LogP contribution in [0.1, 0.15) is 25.3 Å². The second-order valence-electron chi connectivity index (χ2n) is 9.95. The number of aliphatic carboxylic acids is 1. The van der Waals surface area contributed by atoms with Gasteiger partial charge in [-0.2, -0.15) is 4.31 Å². The lowest BCUT2D eigenvalue weighted by atomic mass is 9.97. The molecule has 2 N–H and O–H groups in total. The molecule has 1 unspecified atom stereocenters. The highest BCUT2D eigenvalue weighted by molar-refractivity contribution is 7.90. The van der Waals surface area contributed by atoms with Crippen LogP contribution in [-0.2, 0) is 35.9 Å². The Hall–Kier alpha value is -3.25. The van der Waals surface area contributed by atoms with Gasteiger partial charge < -0.3 is 10.4 Å². The van der Waals surface area contributed by atoms with Crippen LogP contribution >= 0.6 is 11.6 Å². The van der Waals surface area contributed by atoms with E-state index in [9.17, 15) is 31.5 Å². The number of sulfonamides is 1. The number of carboxylic acid groups (broad SMARTS) is 1. The van der Waals surface area contributed by atoms with Crippen molar-refractivity contribution in [3.05, 3.63) is 83.4 Å². The number of sulfone groups is 1. The summed E-state index contributed by atoms with van der Waals surface area (Å²) >= 11 is 5.99. The highest BCUT2D eigenvalue weighted by Gasteiger charge is 2.50. The number of nitrogens with one attached hydrogen (secondary N) is 1. The molecular weight excluding hydrogens is 576 g/mol. The maximum absolute atomic E-state index is 13.4. The molecule has 1 fully saturated rings. The Balaban J connectivity index is 1.54. The van der Waals surface area contributed by atoms with Crippen LogP contribution in [0.3, 0.4) is 0 Å². The van der Waals surface area contributed by atoms with E-state index >= 15 is 0 Å². The van der Waals surface area contributed by atoms with Gasteiger partial charge in [-0.1, -0.05) is 60.1 Å². The summed E-state index contributed by atoms with van der Waals surface area (Å²) in [6.07, 6.45) is 1.72. The fraction of sp³-hybridized carbons (Fsp3) is 0.286. The van der Waals surface area contributed by atoms with Crippen molar-refractivity contribution in [2.45, 2.75) is 47.6 Å². The molecule has 1 aliphatic heterocycles. The van der Waals surface area contributed by atoms with Gasteiger partial charge in [0.05, 0.1) is 9.79 Å². The maximum Gasteiger partial charge on any atom is 0.326 e. The van der Waals surface area contributed by atoms with Crippen LogP contribution in [0.5, 0.6) is 0 Å². The minimum atomic E-state index is -4.08. The molecule has 3 aromatic rings. The lowest BCUT2D eigenvalue weighted by molar-refractivity contribution is -0.143. The molecule has 3 aromatic carbocycles. The summed E-state index contributed by atoms with van der Waals surface area (Å²) in [6, 6.07) is 17.7. The summed E-state index contributed by atoms with van der Waals surface area (Å²) in [5, 5.41) is 12.7. The van der Waals surface area contributed by atoms with E-state index < -0.39 is 43.3 Å². The Bertz CT molecular complexity index is 1660. The third kappa shape index (κ3) is 6.07. The fourth-order valence-corrected chi connectivity index (χ4v) is 7.92. The van der Waals surface area contributed by atoms with E-state index in [0.29, 0.717) is 23.1 Å². The summed E-state index contributed by atoms with van der Waals surface area (Å²) in [7, 11) is -7.54. The van der Waals surface area contributed by atoms with Crippen LogP contribution in [0.4, 0.5) is 0 Å². The van der Waals surface area contributed by atoms with Crippen LogP contribution in [-0.4, -0.2) is 62.5 Å². The van der Waals surface area contributed by atoms with Gasteiger partial charge in [0.2, 0.25) is 15.9 Å². The summed E-state index contributed by atoms with van der Waals surface area (Å²) in [5.74, 6) is -1.98. The average molecular weight is 605 g/mol. The molecule has 1 heterocycles. The van der Waals surface area contributed by atoms with Crippen LogP contribution < -0.4 is 5.32 Å². The number of halogens is 1. The van der Waals surface area contributed by atoms with Gasteiger partial charge in [-0.15, -0.1) is 0 Å². The van der Waals surface area contributed by atoms with Crippen molar-refractivity contribution in [3.8, 4) is 11.1 Å². The van der Waals surface area contributed by atoms with Gasteiger partial charge in [0.1, 0.15) is 11.6 Å². The predicted octanol–water partition coefficient (Wildman–Crippen LogP) is 3.77. The first-order chi connectivity index (χ1) is 18.7. The molecule has 0 saturated carbocycles. The predicted molar refractivity (Wildman–Crippen MR) is 151 cm³/mol. The lowest BCUT2D eigenvalue weighted by Crippen LogP contribution is -2.58. The molecule has 1 saturated heterocycles. The fourth-order valence-electron chi connectivity index (χ4n) is 4.90. The van der Waals surface area contributed by atoms with E-state index in [1.807, 2.05) is 0 Å². The van der Waals surface area contributed by atoms with E-state index in [-0.39, 0.29) is 34.2 Å². The second-order valence-corrected chi connectivity index (χ2v) is 14.2. The van der Waals surface area contributed by atoms with Gasteiger partial charge >= 0.3 is 5.97 Å². The van der Waals surface area contributed by atoms with E-state index in [1.165, 1.54) is 31.2 Å². The first-order valence-electron chi connectivity index (χ1n) is 12.4. The standard InChI is InChI=1S/C28H29ClN2O7S2/c1-28(15-6-16-31(28)40(37,38)22-8-5-7-21(29)18-22)27(34)30-24(26(32)33)17-19-11-13-20(14-12-19)23-9-3-4-10-25(23)39(2,35)36/h3-5,7-14,18,24H,6,15-17H2,1-2H3,(H,30,34)(H,32,33)/t24?,28-/m0/s1.